The Hall–Kier alpha value is -0.160. The van der Waals surface area contributed by atoms with Gasteiger partial charge in [0.1, 0.15) is 0 Å². The Morgan fingerprint density at radius 3 is 2.31 bits per heavy atom. The Bertz CT molecular complexity index is 151. The molecule has 0 N–H and O–H groups in total. The molecule has 0 aliphatic carbocycles. The van der Waals surface area contributed by atoms with Gasteiger partial charge in [-0.1, -0.05) is 0 Å². The maximum atomic E-state index is 5.77. The quantitative estimate of drug-likeness (QED) is 0.600. The zero-order valence-corrected chi connectivity index (χ0v) is 10.4. The first-order valence-corrected chi connectivity index (χ1v) is 6.29. The minimum Gasteiger partial charge on any atom is -0.381 e. The highest BCUT2D eigenvalue weighted by Crippen LogP contribution is 2.11. The summed E-state index contributed by atoms with van der Waals surface area (Å²) in [6, 6.07) is 0. The predicted molar refractivity (Wildman–Crippen MR) is 61.5 cm³/mol. The molecule has 16 heavy (non-hydrogen) atoms. The summed E-state index contributed by atoms with van der Waals surface area (Å²) in [5.41, 5.74) is 0. The topological polar surface area (TPSA) is 36.9 Å². The van der Waals surface area contributed by atoms with Gasteiger partial charge in [0.05, 0.1) is 12.7 Å². The van der Waals surface area contributed by atoms with Crippen molar-refractivity contribution in [3.8, 4) is 0 Å². The summed E-state index contributed by atoms with van der Waals surface area (Å²) >= 11 is 0. The molecule has 1 heterocycles. The fraction of sp³-hybridized carbons (Fsp3) is 1.00. The Balaban J connectivity index is 2.06. The Labute approximate surface area is 98.2 Å². The fourth-order valence-corrected chi connectivity index (χ4v) is 1.76. The third kappa shape index (κ3) is 5.80. The molecule has 0 aromatic rings. The fourth-order valence-electron chi connectivity index (χ4n) is 1.76. The van der Waals surface area contributed by atoms with Crippen LogP contribution in [0.2, 0.25) is 0 Å². The second-order valence-electron chi connectivity index (χ2n) is 3.81. The Morgan fingerprint density at radius 1 is 1.12 bits per heavy atom. The average molecular weight is 232 g/mol. The molecule has 4 heteroatoms. The number of ether oxygens (including phenoxy) is 4. The van der Waals surface area contributed by atoms with Crippen molar-refractivity contribution in [2.24, 2.45) is 0 Å². The summed E-state index contributed by atoms with van der Waals surface area (Å²) in [6.07, 6.45) is 3.06. The van der Waals surface area contributed by atoms with E-state index < -0.39 is 0 Å². The molecular formula is C12H24O4. The van der Waals surface area contributed by atoms with E-state index >= 15 is 0 Å². The van der Waals surface area contributed by atoms with Crippen LogP contribution in [-0.4, -0.2) is 45.4 Å². The van der Waals surface area contributed by atoms with Crippen LogP contribution in [-0.2, 0) is 18.9 Å². The van der Waals surface area contributed by atoms with Gasteiger partial charge in [0.2, 0.25) is 0 Å². The second-order valence-corrected chi connectivity index (χ2v) is 3.81. The lowest BCUT2D eigenvalue weighted by Gasteiger charge is -2.23. The maximum Gasteiger partial charge on any atom is 0.159 e. The van der Waals surface area contributed by atoms with Crippen molar-refractivity contribution in [3.05, 3.63) is 0 Å². The summed E-state index contributed by atoms with van der Waals surface area (Å²) in [5.74, 6) is 0. The van der Waals surface area contributed by atoms with Gasteiger partial charge >= 0.3 is 0 Å². The van der Waals surface area contributed by atoms with E-state index in [1.807, 2.05) is 13.8 Å². The van der Waals surface area contributed by atoms with Crippen LogP contribution in [0.3, 0.4) is 0 Å². The molecule has 1 fully saturated rings. The van der Waals surface area contributed by atoms with Crippen molar-refractivity contribution >= 4 is 0 Å². The van der Waals surface area contributed by atoms with E-state index in [-0.39, 0.29) is 6.29 Å². The first-order chi connectivity index (χ1) is 7.86. The second kappa shape index (κ2) is 8.93. The average Bonchev–Trinajstić information content (AvgIpc) is 2.31. The normalized spacial score (nSPS) is 18.2. The van der Waals surface area contributed by atoms with E-state index in [2.05, 4.69) is 0 Å². The highest BCUT2D eigenvalue weighted by atomic mass is 16.7. The molecule has 0 unspecified atom stereocenters. The van der Waals surface area contributed by atoms with Crippen LogP contribution in [0.4, 0.5) is 0 Å². The molecule has 1 rings (SSSR count). The van der Waals surface area contributed by atoms with Crippen LogP contribution in [0.1, 0.15) is 33.1 Å². The molecule has 0 amide bonds. The van der Waals surface area contributed by atoms with Crippen LogP contribution in [0.5, 0.6) is 0 Å². The van der Waals surface area contributed by atoms with E-state index in [4.69, 9.17) is 18.9 Å². The molecule has 0 radical (unpaired) electrons. The van der Waals surface area contributed by atoms with Crippen molar-refractivity contribution in [2.75, 3.05) is 33.0 Å². The van der Waals surface area contributed by atoms with Gasteiger partial charge in [-0.05, 0) is 26.7 Å². The number of hydrogen-bond donors (Lipinski definition) is 0. The van der Waals surface area contributed by atoms with Gasteiger partial charge in [0.25, 0.3) is 0 Å². The molecule has 0 aromatic carbocycles. The third-order valence-corrected chi connectivity index (χ3v) is 2.58. The van der Waals surface area contributed by atoms with Crippen molar-refractivity contribution in [1.29, 1.82) is 0 Å². The van der Waals surface area contributed by atoms with E-state index in [1.54, 1.807) is 0 Å². The Kier molecular flexibility index (Phi) is 7.76. The molecule has 0 bridgehead atoms. The van der Waals surface area contributed by atoms with Crippen molar-refractivity contribution < 1.29 is 18.9 Å². The lowest BCUT2D eigenvalue weighted by molar-refractivity contribution is -0.151. The summed E-state index contributed by atoms with van der Waals surface area (Å²) in [4.78, 5) is 0. The minimum atomic E-state index is -0.116. The summed E-state index contributed by atoms with van der Waals surface area (Å²) in [6.45, 7) is 7.67. The number of hydrogen-bond acceptors (Lipinski definition) is 4. The molecular weight excluding hydrogens is 208 g/mol. The molecule has 1 saturated heterocycles. The SMILES string of the molecule is CCOC(CCOC1CCOCC1)OCC. The highest BCUT2D eigenvalue weighted by molar-refractivity contribution is 4.62. The third-order valence-electron chi connectivity index (χ3n) is 2.58. The molecule has 1 aliphatic rings. The van der Waals surface area contributed by atoms with E-state index in [0.717, 1.165) is 32.5 Å². The van der Waals surface area contributed by atoms with Crippen LogP contribution in [0.25, 0.3) is 0 Å². The highest BCUT2D eigenvalue weighted by Gasteiger charge is 2.15. The first kappa shape index (κ1) is 13.9. The lowest BCUT2D eigenvalue weighted by Crippen LogP contribution is -2.26. The molecule has 0 aromatic heterocycles. The molecule has 0 spiro atoms. The standard InChI is InChI=1S/C12H24O4/c1-3-14-12(15-4-2)7-10-16-11-5-8-13-9-6-11/h11-12H,3-10H2,1-2H3. The van der Waals surface area contributed by atoms with Gasteiger partial charge in [0, 0.05) is 32.8 Å². The van der Waals surface area contributed by atoms with Gasteiger partial charge in [-0.2, -0.15) is 0 Å². The monoisotopic (exact) mass is 232 g/mol. The van der Waals surface area contributed by atoms with Crippen molar-refractivity contribution in [3.63, 3.8) is 0 Å². The molecule has 0 saturated carbocycles. The van der Waals surface area contributed by atoms with Gasteiger partial charge in [-0.15, -0.1) is 0 Å². The van der Waals surface area contributed by atoms with Crippen LogP contribution in [0.15, 0.2) is 0 Å². The minimum absolute atomic E-state index is 0.116. The van der Waals surface area contributed by atoms with E-state index in [0.29, 0.717) is 25.9 Å². The first-order valence-electron chi connectivity index (χ1n) is 6.29. The van der Waals surface area contributed by atoms with Gasteiger partial charge in [-0.3, -0.25) is 0 Å². The van der Waals surface area contributed by atoms with Gasteiger partial charge in [0.15, 0.2) is 6.29 Å². The summed E-state index contributed by atoms with van der Waals surface area (Å²) < 4.78 is 21.9. The smallest absolute Gasteiger partial charge is 0.159 e. The van der Waals surface area contributed by atoms with Crippen LogP contribution in [0, 0.1) is 0 Å². The largest absolute Gasteiger partial charge is 0.381 e. The van der Waals surface area contributed by atoms with E-state index in [9.17, 15) is 0 Å². The summed E-state index contributed by atoms with van der Waals surface area (Å²) in [5, 5.41) is 0. The predicted octanol–water partition coefficient (Wildman–Crippen LogP) is 1.97. The lowest BCUT2D eigenvalue weighted by atomic mass is 10.1. The van der Waals surface area contributed by atoms with Crippen molar-refractivity contribution in [2.45, 2.75) is 45.5 Å². The molecule has 4 nitrogen and oxygen atoms in total. The summed E-state index contributed by atoms with van der Waals surface area (Å²) in [7, 11) is 0. The zero-order chi connectivity index (χ0) is 11.6. The zero-order valence-electron chi connectivity index (χ0n) is 10.4. The van der Waals surface area contributed by atoms with E-state index in [1.165, 1.54) is 0 Å². The number of rotatable bonds is 8. The van der Waals surface area contributed by atoms with Crippen LogP contribution < -0.4 is 0 Å². The molecule has 96 valence electrons. The van der Waals surface area contributed by atoms with Gasteiger partial charge in [-0.25, -0.2) is 0 Å². The van der Waals surface area contributed by atoms with Crippen LogP contribution >= 0.6 is 0 Å². The molecule has 1 aliphatic heterocycles. The Morgan fingerprint density at radius 2 is 1.75 bits per heavy atom. The van der Waals surface area contributed by atoms with Crippen molar-refractivity contribution in [1.82, 2.24) is 0 Å². The van der Waals surface area contributed by atoms with Gasteiger partial charge < -0.3 is 18.9 Å². The molecule has 0 atom stereocenters. The maximum absolute atomic E-state index is 5.77.